The van der Waals surface area contributed by atoms with Gasteiger partial charge in [0.15, 0.2) is 5.75 Å². The van der Waals surface area contributed by atoms with Crippen LogP contribution in [-0.2, 0) is 7.05 Å². The predicted molar refractivity (Wildman–Crippen MR) is 51.1 cm³/mol. The number of hydrogen-bond donors (Lipinski definition) is 0. The third-order valence-electron chi connectivity index (χ3n) is 2.62. The summed E-state index contributed by atoms with van der Waals surface area (Å²) in [6.45, 7) is 2.20. The Balaban J connectivity index is 1.82. The lowest BCUT2D eigenvalue weighted by atomic mass is 9.82. The van der Waals surface area contributed by atoms with Crippen LogP contribution in [0.25, 0.3) is 0 Å². The SMILES string of the molecule is Cc1nn(C)cc1OCC1CC(F)(F)C1. The highest BCUT2D eigenvalue weighted by molar-refractivity contribution is 5.22. The van der Waals surface area contributed by atoms with Crippen LogP contribution in [0.4, 0.5) is 8.78 Å². The molecule has 1 aliphatic carbocycles. The van der Waals surface area contributed by atoms with Crippen LogP contribution in [-0.4, -0.2) is 22.3 Å². The Hall–Kier alpha value is -1.13. The monoisotopic (exact) mass is 216 g/mol. The summed E-state index contributed by atoms with van der Waals surface area (Å²) in [6, 6.07) is 0. The van der Waals surface area contributed by atoms with E-state index in [9.17, 15) is 8.78 Å². The predicted octanol–water partition coefficient (Wildman–Crippen LogP) is 2.15. The fraction of sp³-hybridized carbons (Fsp3) is 0.700. The number of halogens is 2. The zero-order valence-corrected chi connectivity index (χ0v) is 8.83. The summed E-state index contributed by atoms with van der Waals surface area (Å²) in [5.74, 6) is -1.79. The van der Waals surface area contributed by atoms with Crippen molar-refractivity contribution in [3.63, 3.8) is 0 Å². The first-order chi connectivity index (χ1) is 6.96. The second-order valence-electron chi connectivity index (χ2n) is 4.19. The van der Waals surface area contributed by atoms with Gasteiger partial charge in [-0.15, -0.1) is 0 Å². The van der Waals surface area contributed by atoms with Crippen molar-refractivity contribution in [2.45, 2.75) is 25.7 Å². The van der Waals surface area contributed by atoms with Crippen LogP contribution in [0, 0.1) is 12.8 Å². The van der Waals surface area contributed by atoms with Crippen molar-refractivity contribution in [1.29, 1.82) is 0 Å². The second-order valence-corrected chi connectivity index (χ2v) is 4.19. The molecule has 0 unspecified atom stereocenters. The highest BCUT2D eigenvalue weighted by Crippen LogP contribution is 2.42. The third kappa shape index (κ3) is 2.27. The molecule has 0 bridgehead atoms. The molecule has 0 N–H and O–H groups in total. The molecule has 2 rings (SSSR count). The number of aryl methyl sites for hydroxylation is 2. The standard InChI is InChI=1S/C10H14F2N2O/c1-7-9(5-14(2)13-7)15-6-8-3-10(11,12)4-8/h5,8H,3-4,6H2,1-2H3. The summed E-state index contributed by atoms with van der Waals surface area (Å²) in [5, 5.41) is 4.10. The fourth-order valence-corrected chi connectivity index (χ4v) is 1.83. The minimum absolute atomic E-state index is 0.0143. The van der Waals surface area contributed by atoms with Crippen molar-refractivity contribution >= 4 is 0 Å². The van der Waals surface area contributed by atoms with Gasteiger partial charge in [0, 0.05) is 25.8 Å². The van der Waals surface area contributed by atoms with Gasteiger partial charge in [0.1, 0.15) is 5.69 Å². The van der Waals surface area contributed by atoms with E-state index in [-0.39, 0.29) is 18.8 Å². The van der Waals surface area contributed by atoms with E-state index in [1.54, 1.807) is 17.9 Å². The summed E-state index contributed by atoms with van der Waals surface area (Å²) in [5.41, 5.74) is 0.795. The van der Waals surface area contributed by atoms with Crippen molar-refractivity contribution < 1.29 is 13.5 Å². The Kier molecular flexibility index (Phi) is 2.40. The molecule has 3 nitrogen and oxygen atoms in total. The Bertz CT molecular complexity index is 354. The maximum Gasteiger partial charge on any atom is 0.248 e. The van der Waals surface area contributed by atoms with Crippen molar-refractivity contribution in [3.8, 4) is 5.75 Å². The fourth-order valence-electron chi connectivity index (χ4n) is 1.83. The highest BCUT2D eigenvalue weighted by atomic mass is 19.3. The molecular weight excluding hydrogens is 202 g/mol. The lowest BCUT2D eigenvalue weighted by Gasteiger charge is -2.34. The highest BCUT2D eigenvalue weighted by Gasteiger charge is 2.45. The van der Waals surface area contributed by atoms with Crippen molar-refractivity contribution in [2.75, 3.05) is 6.61 Å². The topological polar surface area (TPSA) is 27.1 Å². The molecule has 0 amide bonds. The molecule has 0 radical (unpaired) electrons. The van der Waals surface area contributed by atoms with Gasteiger partial charge in [0.25, 0.3) is 0 Å². The molecule has 15 heavy (non-hydrogen) atoms. The van der Waals surface area contributed by atoms with Gasteiger partial charge >= 0.3 is 0 Å². The Morgan fingerprint density at radius 2 is 2.27 bits per heavy atom. The number of alkyl halides is 2. The zero-order chi connectivity index (χ0) is 11.1. The number of hydrogen-bond acceptors (Lipinski definition) is 2. The molecule has 0 aliphatic heterocycles. The summed E-state index contributed by atoms with van der Waals surface area (Å²) in [4.78, 5) is 0. The normalized spacial score (nSPS) is 20.0. The largest absolute Gasteiger partial charge is 0.490 e. The van der Waals surface area contributed by atoms with Gasteiger partial charge in [-0.3, -0.25) is 4.68 Å². The summed E-state index contributed by atoms with van der Waals surface area (Å²) in [7, 11) is 1.80. The van der Waals surface area contributed by atoms with Crippen LogP contribution >= 0.6 is 0 Å². The van der Waals surface area contributed by atoms with E-state index in [0.717, 1.165) is 5.69 Å². The van der Waals surface area contributed by atoms with Crippen LogP contribution in [0.15, 0.2) is 6.20 Å². The lowest BCUT2D eigenvalue weighted by Crippen LogP contribution is -2.38. The van der Waals surface area contributed by atoms with Crippen molar-refractivity contribution in [3.05, 3.63) is 11.9 Å². The third-order valence-corrected chi connectivity index (χ3v) is 2.62. The summed E-state index contributed by atoms with van der Waals surface area (Å²) < 4.78 is 32.1. The lowest BCUT2D eigenvalue weighted by molar-refractivity contribution is -0.119. The smallest absolute Gasteiger partial charge is 0.248 e. The van der Waals surface area contributed by atoms with Crippen LogP contribution in [0.1, 0.15) is 18.5 Å². The van der Waals surface area contributed by atoms with E-state index in [0.29, 0.717) is 12.4 Å². The zero-order valence-electron chi connectivity index (χ0n) is 8.83. The molecule has 0 aromatic carbocycles. The van der Waals surface area contributed by atoms with E-state index in [1.165, 1.54) is 0 Å². The van der Waals surface area contributed by atoms with E-state index in [4.69, 9.17) is 4.74 Å². The van der Waals surface area contributed by atoms with Crippen LogP contribution in [0.5, 0.6) is 5.75 Å². The van der Waals surface area contributed by atoms with Crippen molar-refractivity contribution in [2.24, 2.45) is 13.0 Å². The molecule has 1 saturated carbocycles. The quantitative estimate of drug-likeness (QED) is 0.774. The molecule has 1 fully saturated rings. The van der Waals surface area contributed by atoms with E-state index < -0.39 is 5.92 Å². The second kappa shape index (κ2) is 3.47. The maximum absolute atomic E-state index is 12.5. The van der Waals surface area contributed by atoms with Gasteiger partial charge in [-0.25, -0.2) is 8.78 Å². The minimum atomic E-state index is -2.46. The first-order valence-electron chi connectivity index (χ1n) is 4.97. The summed E-state index contributed by atoms with van der Waals surface area (Å²) in [6.07, 6.45) is 1.66. The first-order valence-corrected chi connectivity index (χ1v) is 4.97. The van der Waals surface area contributed by atoms with Crippen molar-refractivity contribution in [1.82, 2.24) is 9.78 Å². The number of nitrogens with zero attached hydrogens (tertiary/aromatic N) is 2. The molecule has 1 aromatic rings. The van der Waals surface area contributed by atoms with E-state index in [2.05, 4.69) is 5.10 Å². The molecule has 0 atom stereocenters. The molecule has 0 saturated heterocycles. The number of rotatable bonds is 3. The minimum Gasteiger partial charge on any atom is -0.490 e. The van der Waals surface area contributed by atoms with Gasteiger partial charge in [-0.05, 0) is 6.92 Å². The van der Waals surface area contributed by atoms with Gasteiger partial charge < -0.3 is 4.74 Å². The molecule has 1 heterocycles. The number of aromatic nitrogens is 2. The Labute approximate surface area is 87.0 Å². The molecule has 0 spiro atoms. The van der Waals surface area contributed by atoms with Crippen LogP contribution in [0.2, 0.25) is 0 Å². The molecular formula is C10H14F2N2O. The first kappa shape index (κ1) is 10.4. The van der Waals surface area contributed by atoms with Gasteiger partial charge in [0.2, 0.25) is 5.92 Å². The molecule has 5 heteroatoms. The van der Waals surface area contributed by atoms with Gasteiger partial charge in [-0.1, -0.05) is 0 Å². The van der Waals surface area contributed by atoms with Crippen LogP contribution < -0.4 is 4.74 Å². The average Bonchev–Trinajstić information content (AvgIpc) is 2.37. The Morgan fingerprint density at radius 1 is 1.60 bits per heavy atom. The Morgan fingerprint density at radius 3 is 2.73 bits per heavy atom. The van der Waals surface area contributed by atoms with E-state index >= 15 is 0 Å². The van der Waals surface area contributed by atoms with Gasteiger partial charge in [0.05, 0.1) is 12.8 Å². The van der Waals surface area contributed by atoms with Gasteiger partial charge in [-0.2, -0.15) is 5.10 Å². The summed E-state index contributed by atoms with van der Waals surface area (Å²) >= 11 is 0. The number of ether oxygens (including phenoxy) is 1. The van der Waals surface area contributed by atoms with E-state index in [1.807, 2.05) is 6.92 Å². The molecule has 84 valence electrons. The maximum atomic E-state index is 12.5. The average molecular weight is 216 g/mol. The van der Waals surface area contributed by atoms with Crippen LogP contribution in [0.3, 0.4) is 0 Å². The molecule has 1 aliphatic rings. The molecule has 1 aromatic heterocycles.